The molecule has 16 heavy (non-hydrogen) atoms. The quantitative estimate of drug-likeness (QED) is 0.765. The van der Waals surface area contributed by atoms with Crippen LogP contribution in [0.15, 0.2) is 12.4 Å². The third-order valence-corrected chi connectivity index (χ3v) is 3.48. The lowest BCUT2D eigenvalue weighted by molar-refractivity contribution is 0.439. The van der Waals surface area contributed by atoms with Crippen LogP contribution in [0.3, 0.4) is 0 Å². The Morgan fingerprint density at radius 2 is 2.31 bits per heavy atom. The van der Waals surface area contributed by atoms with Crippen LogP contribution in [0.1, 0.15) is 38.9 Å². The van der Waals surface area contributed by atoms with Gasteiger partial charge in [-0.25, -0.2) is 4.98 Å². The summed E-state index contributed by atoms with van der Waals surface area (Å²) < 4.78 is 2.25. The first kappa shape index (κ1) is 11.6. The zero-order chi connectivity index (χ0) is 11.4. The molecule has 3 heteroatoms. The van der Waals surface area contributed by atoms with E-state index in [4.69, 9.17) is 0 Å². The highest BCUT2D eigenvalue weighted by atomic mass is 15.1. The summed E-state index contributed by atoms with van der Waals surface area (Å²) >= 11 is 0. The number of rotatable bonds is 7. The van der Waals surface area contributed by atoms with Gasteiger partial charge in [-0.1, -0.05) is 6.92 Å². The molecule has 2 rings (SSSR count). The van der Waals surface area contributed by atoms with Gasteiger partial charge in [0, 0.05) is 31.4 Å². The van der Waals surface area contributed by atoms with E-state index >= 15 is 0 Å². The van der Waals surface area contributed by atoms with Crippen LogP contribution in [-0.4, -0.2) is 22.1 Å². The normalized spacial score (nSPS) is 17.6. The van der Waals surface area contributed by atoms with Gasteiger partial charge in [-0.15, -0.1) is 0 Å². The van der Waals surface area contributed by atoms with Crippen molar-refractivity contribution in [1.82, 2.24) is 14.9 Å². The molecule has 0 spiro atoms. The first-order valence-corrected chi connectivity index (χ1v) is 6.58. The Kier molecular flexibility index (Phi) is 3.99. The largest absolute Gasteiger partial charge is 0.335 e. The van der Waals surface area contributed by atoms with Crippen molar-refractivity contribution < 1.29 is 0 Å². The summed E-state index contributed by atoms with van der Waals surface area (Å²) in [5.74, 6) is 2.18. The van der Waals surface area contributed by atoms with Crippen molar-refractivity contribution in [1.29, 1.82) is 0 Å². The SMILES string of the molecule is CCNC(CCc1nccn1CC)C1CC1. The monoisotopic (exact) mass is 221 g/mol. The zero-order valence-corrected chi connectivity index (χ0v) is 10.4. The molecule has 1 aromatic heterocycles. The van der Waals surface area contributed by atoms with Crippen LogP contribution < -0.4 is 5.32 Å². The molecule has 1 atom stereocenters. The molecule has 3 nitrogen and oxygen atoms in total. The van der Waals surface area contributed by atoms with Gasteiger partial charge in [-0.3, -0.25) is 0 Å². The summed E-state index contributed by atoms with van der Waals surface area (Å²) in [4.78, 5) is 4.43. The third-order valence-electron chi connectivity index (χ3n) is 3.48. The fraction of sp³-hybridized carbons (Fsp3) is 0.769. The Bertz CT molecular complexity index is 315. The predicted octanol–water partition coefficient (Wildman–Crippen LogP) is 2.22. The minimum Gasteiger partial charge on any atom is -0.335 e. The molecular weight excluding hydrogens is 198 g/mol. The number of imidazole rings is 1. The van der Waals surface area contributed by atoms with Gasteiger partial charge in [0.1, 0.15) is 5.82 Å². The molecule has 1 saturated carbocycles. The van der Waals surface area contributed by atoms with Crippen molar-refractivity contribution in [3.05, 3.63) is 18.2 Å². The lowest BCUT2D eigenvalue weighted by Crippen LogP contribution is -2.31. The summed E-state index contributed by atoms with van der Waals surface area (Å²) in [7, 11) is 0. The number of aromatic nitrogens is 2. The van der Waals surface area contributed by atoms with E-state index in [0.717, 1.165) is 25.4 Å². The fourth-order valence-electron chi connectivity index (χ4n) is 2.41. The Morgan fingerprint density at radius 1 is 1.50 bits per heavy atom. The average Bonchev–Trinajstić information content (AvgIpc) is 3.03. The van der Waals surface area contributed by atoms with Crippen LogP contribution >= 0.6 is 0 Å². The molecule has 1 heterocycles. The number of hydrogen-bond acceptors (Lipinski definition) is 2. The van der Waals surface area contributed by atoms with E-state index in [1.54, 1.807) is 0 Å². The molecule has 1 aromatic rings. The topological polar surface area (TPSA) is 29.9 Å². The molecule has 1 N–H and O–H groups in total. The van der Waals surface area contributed by atoms with Crippen molar-refractivity contribution in [2.24, 2.45) is 5.92 Å². The summed E-state index contributed by atoms with van der Waals surface area (Å²) in [6.45, 7) is 6.49. The predicted molar refractivity (Wildman–Crippen MR) is 66.4 cm³/mol. The minimum absolute atomic E-state index is 0.715. The average molecular weight is 221 g/mol. The van der Waals surface area contributed by atoms with Gasteiger partial charge in [-0.2, -0.15) is 0 Å². The summed E-state index contributed by atoms with van der Waals surface area (Å²) in [6.07, 6.45) is 9.16. The van der Waals surface area contributed by atoms with E-state index < -0.39 is 0 Å². The Morgan fingerprint density at radius 3 is 2.94 bits per heavy atom. The molecule has 0 bridgehead atoms. The molecule has 90 valence electrons. The lowest BCUT2D eigenvalue weighted by Gasteiger charge is -2.17. The summed E-state index contributed by atoms with van der Waals surface area (Å²) in [6, 6.07) is 0.715. The molecule has 1 aliphatic carbocycles. The second-order valence-electron chi connectivity index (χ2n) is 4.67. The van der Waals surface area contributed by atoms with Crippen LogP contribution in [0, 0.1) is 5.92 Å². The van der Waals surface area contributed by atoms with Crippen molar-refractivity contribution in [2.75, 3.05) is 6.54 Å². The van der Waals surface area contributed by atoms with Crippen LogP contribution in [0.4, 0.5) is 0 Å². The summed E-state index contributed by atoms with van der Waals surface area (Å²) in [5, 5.41) is 3.61. The highest BCUT2D eigenvalue weighted by Gasteiger charge is 2.30. The molecule has 1 fully saturated rings. The highest BCUT2D eigenvalue weighted by molar-refractivity contribution is 4.95. The number of aryl methyl sites for hydroxylation is 2. The molecule has 0 amide bonds. The van der Waals surface area contributed by atoms with E-state index in [9.17, 15) is 0 Å². The zero-order valence-electron chi connectivity index (χ0n) is 10.4. The highest BCUT2D eigenvalue weighted by Crippen LogP contribution is 2.34. The van der Waals surface area contributed by atoms with Gasteiger partial charge in [0.15, 0.2) is 0 Å². The molecule has 0 aliphatic heterocycles. The fourth-order valence-corrected chi connectivity index (χ4v) is 2.41. The second kappa shape index (κ2) is 5.48. The van der Waals surface area contributed by atoms with E-state index in [1.165, 1.54) is 25.1 Å². The molecule has 0 aromatic carbocycles. The van der Waals surface area contributed by atoms with Gasteiger partial charge in [0.2, 0.25) is 0 Å². The Balaban J connectivity index is 1.84. The van der Waals surface area contributed by atoms with E-state index in [2.05, 4.69) is 34.9 Å². The van der Waals surface area contributed by atoms with Crippen LogP contribution in [-0.2, 0) is 13.0 Å². The van der Waals surface area contributed by atoms with Gasteiger partial charge in [0.25, 0.3) is 0 Å². The van der Waals surface area contributed by atoms with Crippen molar-refractivity contribution >= 4 is 0 Å². The van der Waals surface area contributed by atoms with Gasteiger partial charge >= 0.3 is 0 Å². The minimum atomic E-state index is 0.715. The van der Waals surface area contributed by atoms with Crippen LogP contribution in [0.2, 0.25) is 0 Å². The van der Waals surface area contributed by atoms with E-state index in [1.807, 2.05) is 6.20 Å². The maximum absolute atomic E-state index is 4.43. The third kappa shape index (κ3) is 2.85. The standard InChI is InChI=1S/C13H23N3/c1-3-14-12(11-5-6-11)7-8-13-15-9-10-16(13)4-2/h9-12,14H,3-8H2,1-2H3. The number of nitrogens with one attached hydrogen (secondary N) is 1. The Labute approximate surface area is 98.3 Å². The first-order chi connectivity index (χ1) is 7.85. The van der Waals surface area contributed by atoms with E-state index in [-0.39, 0.29) is 0 Å². The lowest BCUT2D eigenvalue weighted by atomic mass is 10.1. The van der Waals surface area contributed by atoms with Gasteiger partial charge in [0.05, 0.1) is 0 Å². The number of nitrogens with zero attached hydrogens (tertiary/aromatic N) is 2. The summed E-state index contributed by atoms with van der Waals surface area (Å²) in [5.41, 5.74) is 0. The van der Waals surface area contributed by atoms with Crippen molar-refractivity contribution in [3.63, 3.8) is 0 Å². The van der Waals surface area contributed by atoms with Crippen molar-refractivity contribution in [2.45, 2.75) is 52.1 Å². The Hall–Kier alpha value is -0.830. The first-order valence-electron chi connectivity index (χ1n) is 6.58. The van der Waals surface area contributed by atoms with E-state index in [0.29, 0.717) is 6.04 Å². The smallest absolute Gasteiger partial charge is 0.108 e. The maximum atomic E-state index is 4.43. The van der Waals surface area contributed by atoms with Gasteiger partial charge in [-0.05, 0) is 38.6 Å². The number of hydrogen-bond donors (Lipinski definition) is 1. The van der Waals surface area contributed by atoms with Crippen molar-refractivity contribution in [3.8, 4) is 0 Å². The second-order valence-corrected chi connectivity index (χ2v) is 4.67. The molecular formula is C13H23N3. The van der Waals surface area contributed by atoms with Crippen LogP contribution in [0.25, 0.3) is 0 Å². The molecule has 0 saturated heterocycles. The molecule has 0 radical (unpaired) electrons. The molecule has 1 aliphatic rings. The molecule has 1 unspecified atom stereocenters. The van der Waals surface area contributed by atoms with Crippen LogP contribution in [0.5, 0.6) is 0 Å². The maximum Gasteiger partial charge on any atom is 0.108 e. The van der Waals surface area contributed by atoms with Gasteiger partial charge < -0.3 is 9.88 Å².